The van der Waals surface area contributed by atoms with E-state index in [4.69, 9.17) is 0 Å². The van der Waals surface area contributed by atoms with Gasteiger partial charge < -0.3 is 0 Å². The van der Waals surface area contributed by atoms with Gasteiger partial charge in [0.15, 0.2) is 9.84 Å². The first-order valence-corrected chi connectivity index (χ1v) is 5.31. The molecule has 0 atom stereocenters. The standard InChI is InChI=1S/C5H7NO2S2/c1-2-10(7,8)5-3-6-4-9-5/h3-4H,2H2,1H3. The van der Waals surface area contributed by atoms with Gasteiger partial charge in [-0.25, -0.2) is 8.42 Å². The number of aromatic nitrogens is 1. The lowest BCUT2D eigenvalue weighted by Crippen LogP contribution is -2.00. The first-order valence-electron chi connectivity index (χ1n) is 2.78. The monoisotopic (exact) mass is 177 g/mol. The van der Waals surface area contributed by atoms with Crippen molar-refractivity contribution in [3.63, 3.8) is 0 Å². The van der Waals surface area contributed by atoms with Crippen molar-refractivity contribution in [1.82, 2.24) is 4.98 Å². The van der Waals surface area contributed by atoms with Crippen LogP contribution in [0.2, 0.25) is 0 Å². The van der Waals surface area contributed by atoms with E-state index in [-0.39, 0.29) is 5.75 Å². The predicted molar refractivity (Wildman–Crippen MR) is 39.8 cm³/mol. The predicted octanol–water partition coefficient (Wildman–Crippen LogP) is 0.937. The van der Waals surface area contributed by atoms with Crippen molar-refractivity contribution < 1.29 is 8.42 Å². The third kappa shape index (κ3) is 1.35. The Kier molecular flexibility index (Phi) is 2.05. The van der Waals surface area contributed by atoms with E-state index in [2.05, 4.69) is 4.98 Å². The molecule has 0 fully saturated rings. The molecule has 0 bridgehead atoms. The second-order valence-corrected chi connectivity index (χ2v) is 5.12. The van der Waals surface area contributed by atoms with Gasteiger partial charge in [0.05, 0.1) is 17.5 Å². The number of hydrogen-bond acceptors (Lipinski definition) is 4. The fourth-order valence-electron chi connectivity index (χ4n) is 0.500. The highest BCUT2D eigenvalue weighted by Gasteiger charge is 2.11. The molecule has 0 radical (unpaired) electrons. The molecule has 0 aromatic carbocycles. The summed E-state index contributed by atoms with van der Waals surface area (Å²) in [7, 11) is -3.00. The minimum absolute atomic E-state index is 0.148. The van der Waals surface area contributed by atoms with E-state index >= 15 is 0 Å². The second-order valence-electron chi connectivity index (χ2n) is 1.72. The number of thiazole rings is 1. The first-order chi connectivity index (χ1) is 4.67. The summed E-state index contributed by atoms with van der Waals surface area (Å²) in [5.74, 6) is 0.148. The van der Waals surface area contributed by atoms with Gasteiger partial charge in [0.25, 0.3) is 0 Å². The van der Waals surface area contributed by atoms with Crippen LogP contribution in [0.3, 0.4) is 0 Å². The van der Waals surface area contributed by atoms with Crippen molar-refractivity contribution in [2.24, 2.45) is 0 Å². The lowest BCUT2D eigenvalue weighted by atomic mass is 11.0. The summed E-state index contributed by atoms with van der Waals surface area (Å²) in [6.07, 6.45) is 1.38. The molecule has 0 saturated heterocycles. The fraction of sp³-hybridized carbons (Fsp3) is 0.400. The van der Waals surface area contributed by atoms with Gasteiger partial charge in [0.1, 0.15) is 4.21 Å². The van der Waals surface area contributed by atoms with Crippen LogP contribution in [-0.2, 0) is 9.84 Å². The molecule has 0 aliphatic carbocycles. The maximum Gasteiger partial charge on any atom is 0.189 e. The largest absolute Gasteiger partial charge is 0.252 e. The summed E-state index contributed by atoms with van der Waals surface area (Å²) >= 11 is 1.16. The molecule has 10 heavy (non-hydrogen) atoms. The Morgan fingerprint density at radius 2 is 2.40 bits per heavy atom. The van der Waals surface area contributed by atoms with E-state index in [0.717, 1.165) is 11.3 Å². The molecule has 0 aliphatic heterocycles. The Labute approximate surface area is 63.6 Å². The van der Waals surface area contributed by atoms with Crippen LogP contribution in [0.15, 0.2) is 15.9 Å². The highest BCUT2D eigenvalue weighted by Crippen LogP contribution is 2.14. The van der Waals surface area contributed by atoms with E-state index in [9.17, 15) is 8.42 Å². The van der Waals surface area contributed by atoms with Crippen molar-refractivity contribution in [3.8, 4) is 0 Å². The molecule has 0 spiro atoms. The van der Waals surface area contributed by atoms with E-state index < -0.39 is 9.84 Å². The Bertz CT molecular complexity index is 287. The number of nitrogens with zero attached hydrogens (tertiary/aromatic N) is 1. The summed E-state index contributed by atoms with van der Waals surface area (Å²) in [6, 6.07) is 0. The van der Waals surface area contributed by atoms with Crippen molar-refractivity contribution in [2.45, 2.75) is 11.1 Å². The fourth-order valence-corrected chi connectivity index (χ4v) is 2.42. The lowest BCUT2D eigenvalue weighted by Gasteiger charge is -1.91. The van der Waals surface area contributed by atoms with Gasteiger partial charge in [-0.1, -0.05) is 6.92 Å². The van der Waals surface area contributed by atoms with Crippen molar-refractivity contribution in [2.75, 3.05) is 5.75 Å². The molecule has 0 N–H and O–H groups in total. The highest BCUT2D eigenvalue weighted by atomic mass is 32.2. The average molecular weight is 177 g/mol. The van der Waals surface area contributed by atoms with Crippen LogP contribution < -0.4 is 0 Å². The molecule has 1 rings (SSSR count). The van der Waals surface area contributed by atoms with Crippen molar-refractivity contribution in [1.29, 1.82) is 0 Å². The zero-order valence-corrected chi connectivity index (χ0v) is 7.08. The van der Waals surface area contributed by atoms with E-state index in [1.54, 1.807) is 6.92 Å². The van der Waals surface area contributed by atoms with E-state index in [1.807, 2.05) is 0 Å². The summed E-state index contributed by atoms with van der Waals surface area (Å²) in [5, 5.41) is 0. The summed E-state index contributed by atoms with van der Waals surface area (Å²) in [4.78, 5) is 3.68. The van der Waals surface area contributed by atoms with E-state index in [1.165, 1.54) is 11.7 Å². The number of rotatable bonds is 2. The average Bonchev–Trinajstić information content (AvgIpc) is 2.38. The molecule has 1 heterocycles. The zero-order chi connectivity index (χ0) is 7.61. The van der Waals surface area contributed by atoms with E-state index in [0.29, 0.717) is 4.21 Å². The molecule has 1 aromatic rings. The third-order valence-electron chi connectivity index (χ3n) is 1.10. The van der Waals surface area contributed by atoms with Crippen LogP contribution in [0.5, 0.6) is 0 Å². The Morgan fingerprint density at radius 3 is 2.80 bits per heavy atom. The van der Waals surface area contributed by atoms with Crippen molar-refractivity contribution in [3.05, 3.63) is 11.7 Å². The molecular formula is C5H7NO2S2. The zero-order valence-electron chi connectivity index (χ0n) is 5.44. The van der Waals surface area contributed by atoms with Crippen LogP contribution in [0.25, 0.3) is 0 Å². The maximum absolute atomic E-state index is 11.0. The van der Waals surface area contributed by atoms with Crippen LogP contribution in [-0.4, -0.2) is 19.2 Å². The highest BCUT2D eigenvalue weighted by molar-refractivity contribution is 7.93. The topological polar surface area (TPSA) is 47.0 Å². The Balaban J connectivity index is 3.09. The smallest absolute Gasteiger partial charge is 0.189 e. The van der Waals surface area contributed by atoms with Gasteiger partial charge in [-0.05, 0) is 0 Å². The molecule has 3 nitrogen and oxygen atoms in total. The molecule has 1 aromatic heterocycles. The lowest BCUT2D eigenvalue weighted by molar-refractivity contribution is 0.599. The molecule has 5 heteroatoms. The van der Waals surface area contributed by atoms with Gasteiger partial charge in [-0.3, -0.25) is 4.98 Å². The van der Waals surface area contributed by atoms with Gasteiger partial charge in [0, 0.05) is 0 Å². The van der Waals surface area contributed by atoms with Gasteiger partial charge in [0.2, 0.25) is 0 Å². The summed E-state index contributed by atoms with van der Waals surface area (Å²) in [5.41, 5.74) is 1.52. The van der Waals surface area contributed by atoms with Gasteiger partial charge in [-0.15, -0.1) is 11.3 Å². The molecular weight excluding hydrogens is 170 g/mol. The summed E-state index contributed by atoms with van der Waals surface area (Å²) in [6.45, 7) is 1.62. The van der Waals surface area contributed by atoms with Crippen LogP contribution in [0.4, 0.5) is 0 Å². The van der Waals surface area contributed by atoms with Gasteiger partial charge >= 0.3 is 0 Å². The Morgan fingerprint density at radius 1 is 1.70 bits per heavy atom. The Hall–Kier alpha value is -0.420. The summed E-state index contributed by atoms with van der Waals surface area (Å²) < 4.78 is 22.4. The first kappa shape index (κ1) is 7.68. The molecule has 56 valence electrons. The van der Waals surface area contributed by atoms with Crippen LogP contribution >= 0.6 is 11.3 Å². The van der Waals surface area contributed by atoms with Gasteiger partial charge in [-0.2, -0.15) is 0 Å². The molecule has 0 amide bonds. The second kappa shape index (κ2) is 2.67. The molecule has 0 unspecified atom stereocenters. The van der Waals surface area contributed by atoms with Crippen molar-refractivity contribution >= 4 is 21.2 Å². The SMILES string of the molecule is CCS(=O)(=O)c1cncs1. The number of sulfone groups is 1. The molecule has 0 saturated carbocycles. The maximum atomic E-state index is 11.0. The quantitative estimate of drug-likeness (QED) is 0.675. The van der Waals surface area contributed by atoms with Crippen LogP contribution in [0, 0.1) is 0 Å². The normalized spacial score (nSPS) is 11.7. The molecule has 0 aliphatic rings. The third-order valence-corrected chi connectivity index (χ3v) is 4.19. The number of hydrogen-bond donors (Lipinski definition) is 0. The van der Waals surface area contributed by atoms with Crippen LogP contribution in [0.1, 0.15) is 6.92 Å². The minimum atomic E-state index is -3.00. The minimum Gasteiger partial charge on any atom is -0.252 e.